The van der Waals surface area contributed by atoms with E-state index in [1.165, 1.54) is 13.8 Å². The summed E-state index contributed by atoms with van der Waals surface area (Å²) in [7, 11) is 4.74. The van der Waals surface area contributed by atoms with Gasteiger partial charge in [-0.25, -0.2) is 4.79 Å². The van der Waals surface area contributed by atoms with Gasteiger partial charge in [0.05, 0.1) is 27.0 Å². The number of carbonyl (C=O) groups excluding carboxylic acids is 2. The maximum Gasteiger partial charge on any atom is 0.330 e. The topological polar surface area (TPSA) is 74.3 Å². The maximum atomic E-state index is 12.1. The molecule has 0 spiro atoms. The van der Waals surface area contributed by atoms with Crippen molar-refractivity contribution in [2.24, 2.45) is 0 Å². The Balaban J connectivity index is 1.87. The first-order valence-electron chi connectivity index (χ1n) is 10.6. The van der Waals surface area contributed by atoms with Crippen molar-refractivity contribution in [2.75, 3.05) is 26.4 Å². The molecule has 174 valence electrons. The molecule has 7 nitrogen and oxygen atoms in total. The fourth-order valence-corrected chi connectivity index (χ4v) is 4.15. The predicted octanol–water partition coefficient (Wildman–Crippen LogP) is 5.11. The van der Waals surface area contributed by atoms with E-state index in [1.54, 1.807) is 27.4 Å². The standard InChI is InChI=1S/C27H25NO6/c1-16(29)28(34-17(2)30)19-10-11-22-23(20-8-6-7-9-21(20)24(22)15-19)12-18-13-25(31-3)27(33-5)26(14-18)32-4/h6-15H,1-5H3/b23-12-. The van der Waals surface area contributed by atoms with Crippen molar-refractivity contribution in [1.29, 1.82) is 0 Å². The number of methoxy groups -OCH3 is 3. The van der Waals surface area contributed by atoms with Gasteiger partial charge in [-0.1, -0.05) is 30.3 Å². The highest BCUT2D eigenvalue weighted by atomic mass is 16.7. The molecule has 0 heterocycles. The van der Waals surface area contributed by atoms with Crippen LogP contribution in [0.1, 0.15) is 30.5 Å². The van der Waals surface area contributed by atoms with Crippen LogP contribution in [0.4, 0.5) is 5.69 Å². The number of carbonyl (C=O) groups is 2. The summed E-state index contributed by atoms with van der Waals surface area (Å²) < 4.78 is 16.5. The van der Waals surface area contributed by atoms with Crippen LogP contribution in [0.3, 0.4) is 0 Å². The van der Waals surface area contributed by atoms with Crippen LogP contribution in [0.25, 0.3) is 22.8 Å². The number of anilines is 1. The van der Waals surface area contributed by atoms with Crippen LogP contribution in [-0.2, 0) is 14.4 Å². The quantitative estimate of drug-likeness (QED) is 0.386. The molecule has 34 heavy (non-hydrogen) atoms. The normalized spacial score (nSPS) is 12.6. The second kappa shape index (κ2) is 9.31. The van der Waals surface area contributed by atoms with Gasteiger partial charge < -0.3 is 19.0 Å². The highest BCUT2D eigenvalue weighted by Gasteiger charge is 2.26. The van der Waals surface area contributed by atoms with Gasteiger partial charge in [0.1, 0.15) is 0 Å². The van der Waals surface area contributed by atoms with Crippen molar-refractivity contribution in [3.05, 3.63) is 71.3 Å². The average Bonchev–Trinajstić information content (AvgIpc) is 3.14. The molecule has 1 aliphatic carbocycles. The van der Waals surface area contributed by atoms with Crippen LogP contribution in [0.2, 0.25) is 0 Å². The monoisotopic (exact) mass is 459 g/mol. The van der Waals surface area contributed by atoms with Crippen LogP contribution in [0.15, 0.2) is 54.6 Å². The number of hydrogen-bond donors (Lipinski definition) is 0. The molecule has 0 unspecified atom stereocenters. The molecule has 0 saturated carbocycles. The van der Waals surface area contributed by atoms with Gasteiger partial charge >= 0.3 is 5.97 Å². The summed E-state index contributed by atoms with van der Waals surface area (Å²) in [4.78, 5) is 28.8. The molecule has 0 atom stereocenters. The highest BCUT2D eigenvalue weighted by molar-refractivity contribution is 6.07. The minimum Gasteiger partial charge on any atom is -0.493 e. The third-order valence-electron chi connectivity index (χ3n) is 5.54. The minimum absolute atomic E-state index is 0.394. The Morgan fingerprint density at radius 2 is 1.38 bits per heavy atom. The number of nitrogens with zero attached hydrogens (tertiary/aromatic N) is 1. The Labute approximate surface area is 198 Å². The third kappa shape index (κ3) is 4.08. The second-order valence-electron chi connectivity index (χ2n) is 7.69. The lowest BCUT2D eigenvalue weighted by atomic mass is 10.0. The molecule has 0 fully saturated rings. The number of fused-ring (bicyclic) bond motifs is 3. The van der Waals surface area contributed by atoms with Crippen LogP contribution < -0.4 is 19.3 Å². The molecule has 0 radical (unpaired) electrons. The summed E-state index contributed by atoms with van der Waals surface area (Å²) >= 11 is 0. The van der Waals surface area contributed by atoms with E-state index < -0.39 is 11.9 Å². The van der Waals surface area contributed by atoms with E-state index in [1.807, 2.05) is 48.5 Å². The smallest absolute Gasteiger partial charge is 0.330 e. The number of hydrogen-bond acceptors (Lipinski definition) is 6. The third-order valence-corrected chi connectivity index (χ3v) is 5.54. The Morgan fingerprint density at radius 1 is 0.765 bits per heavy atom. The molecule has 1 aliphatic rings. The first-order chi connectivity index (χ1) is 16.4. The van der Waals surface area contributed by atoms with Gasteiger partial charge in [-0.2, -0.15) is 0 Å². The molecule has 0 N–H and O–H groups in total. The zero-order valence-electron chi connectivity index (χ0n) is 19.7. The molecule has 0 saturated heterocycles. The molecule has 3 aromatic rings. The first kappa shape index (κ1) is 22.9. The Bertz CT molecular complexity index is 1290. The summed E-state index contributed by atoms with van der Waals surface area (Å²) in [6.07, 6.45) is 2.06. The molecule has 7 heteroatoms. The summed E-state index contributed by atoms with van der Waals surface area (Å²) in [5, 5.41) is 1.01. The van der Waals surface area contributed by atoms with E-state index in [2.05, 4.69) is 6.08 Å². The van der Waals surface area contributed by atoms with E-state index >= 15 is 0 Å². The molecule has 0 bridgehead atoms. The van der Waals surface area contributed by atoms with Gasteiger partial charge in [0, 0.05) is 13.8 Å². The molecule has 0 aliphatic heterocycles. The number of benzene rings is 3. The fraction of sp³-hybridized carbons (Fsp3) is 0.185. The van der Waals surface area contributed by atoms with E-state index in [0.29, 0.717) is 22.9 Å². The summed E-state index contributed by atoms with van der Waals surface area (Å²) in [6.45, 7) is 2.61. The zero-order chi connectivity index (χ0) is 24.4. The van der Waals surface area contributed by atoms with Gasteiger partial charge in [-0.15, -0.1) is 5.06 Å². The minimum atomic E-state index is -0.570. The summed E-state index contributed by atoms with van der Waals surface area (Å²) in [5.41, 5.74) is 6.35. The number of rotatable bonds is 5. The van der Waals surface area contributed by atoms with Gasteiger partial charge in [0.2, 0.25) is 5.75 Å². The van der Waals surface area contributed by atoms with E-state index in [4.69, 9.17) is 19.0 Å². The van der Waals surface area contributed by atoms with Gasteiger partial charge in [-0.3, -0.25) is 4.79 Å². The van der Waals surface area contributed by atoms with Crippen molar-refractivity contribution >= 4 is 29.2 Å². The van der Waals surface area contributed by atoms with Crippen LogP contribution in [0, 0.1) is 0 Å². The predicted molar refractivity (Wildman–Crippen MR) is 130 cm³/mol. The second-order valence-corrected chi connectivity index (χ2v) is 7.69. The van der Waals surface area contributed by atoms with Gasteiger partial charge in [0.15, 0.2) is 11.5 Å². The van der Waals surface area contributed by atoms with Crippen molar-refractivity contribution in [3.8, 4) is 28.4 Å². The van der Waals surface area contributed by atoms with Crippen molar-refractivity contribution < 1.29 is 28.6 Å². The molecule has 3 aromatic carbocycles. The molecular weight excluding hydrogens is 434 g/mol. The largest absolute Gasteiger partial charge is 0.493 e. The molecule has 0 aromatic heterocycles. The summed E-state index contributed by atoms with van der Waals surface area (Å²) in [6, 6.07) is 17.3. The molecule has 1 amide bonds. The Hall–Kier alpha value is -4.26. The van der Waals surface area contributed by atoms with E-state index in [0.717, 1.165) is 38.5 Å². The van der Waals surface area contributed by atoms with Crippen molar-refractivity contribution in [2.45, 2.75) is 13.8 Å². The number of ether oxygens (including phenoxy) is 3. The lowest BCUT2D eigenvalue weighted by Crippen LogP contribution is -2.30. The van der Waals surface area contributed by atoms with Gasteiger partial charge in [0.25, 0.3) is 5.91 Å². The maximum absolute atomic E-state index is 12.1. The van der Waals surface area contributed by atoms with Crippen LogP contribution in [0.5, 0.6) is 17.2 Å². The average molecular weight is 459 g/mol. The number of hydroxylamine groups is 1. The Morgan fingerprint density at radius 3 is 1.94 bits per heavy atom. The van der Waals surface area contributed by atoms with E-state index in [-0.39, 0.29) is 0 Å². The van der Waals surface area contributed by atoms with Gasteiger partial charge in [-0.05, 0) is 63.7 Å². The van der Waals surface area contributed by atoms with Crippen LogP contribution >= 0.6 is 0 Å². The molecule has 4 rings (SSSR count). The summed E-state index contributed by atoms with van der Waals surface area (Å²) in [5.74, 6) is 0.690. The van der Waals surface area contributed by atoms with Crippen molar-refractivity contribution in [1.82, 2.24) is 0 Å². The lowest BCUT2D eigenvalue weighted by Gasteiger charge is -2.19. The first-order valence-corrected chi connectivity index (χ1v) is 10.6. The Kier molecular flexibility index (Phi) is 6.27. The number of amides is 1. The van der Waals surface area contributed by atoms with Crippen LogP contribution in [-0.4, -0.2) is 33.2 Å². The van der Waals surface area contributed by atoms with Crippen molar-refractivity contribution in [3.63, 3.8) is 0 Å². The zero-order valence-corrected chi connectivity index (χ0v) is 19.7. The fourth-order valence-electron chi connectivity index (χ4n) is 4.15. The van der Waals surface area contributed by atoms with E-state index in [9.17, 15) is 9.59 Å². The lowest BCUT2D eigenvalue weighted by molar-refractivity contribution is -0.147. The molecular formula is C27H25NO6. The SMILES string of the molecule is COc1cc(/C=C2/c3ccccc3-c3cc(N(OC(C)=O)C(C)=O)ccc32)cc(OC)c1OC. The highest BCUT2D eigenvalue weighted by Crippen LogP contribution is 2.47.